The molecule has 9 heteroatoms. The molecule has 0 radical (unpaired) electrons. The van der Waals surface area contributed by atoms with Crippen LogP contribution in [0.1, 0.15) is 57.3 Å². The second-order valence-corrected chi connectivity index (χ2v) is 15.7. The molecular formula is C50H41F2IN2O4. The van der Waals surface area contributed by atoms with Crippen LogP contribution in [0.3, 0.4) is 0 Å². The van der Waals surface area contributed by atoms with Crippen LogP contribution in [0.5, 0.6) is 0 Å². The standard InChI is InChI=1S/C25H20FNO2.C19H17NO2.C6H4FI/c1-16-10-17(12-20(11-16)18-6-8-22(26)9-7-18)14-28-25-24-21(15-29-25)13-19-4-2-3-5-23(19)27-24;1-13-5-4-6-14(9-13)11-21-19-18-16(12-22-19)10-15-7-2-3-8-17(15)20-18;7-5-1-3-6(8)4-2-5/h2-13,25H,14-15H2,1H3;2-10,19H,11-12H2,1H3;1-4H. The van der Waals surface area contributed by atoms with Gasteiger partial charge >= 0.3 is 0 Å². The molecule has 4 heterocycles. The van der Waals surface area contributed by atoms with Crippen LogP contribution in [-0.2, 0) is 45.4 Å². The van der Waals surface area contributed by atoms with E-state index in [1.54, 1.807) is 24.3 Å². The maximum atomic E-state index is 13.2. The van der Waals surface area contributed by atoms with E-state index in [2.05, 4.69) is 90.2 Å². The van der Waals surface area contributed by atoms with Crippen molar-refractivity contribution in [2.75, 3.05) is 0 Å². The van der Waals surface area contributed by atoms with E-state index in [9.17, 15) is 8.78 Å². The average Bonchev–Trinajstić information content (AvgIpc) is 3.84. The fraction of sp³-hybridized carbons (Fsp3) is 0.160. The third-order valence-corrected chi connectivity index (χ3v) is 10.6. The van der Waals surface area contributed by atoms with Gasteiger partial charge in [-0.05, 0) is 125 Å². The zero-order chi connectivity index (χ0) is 40.7. The Morgan fingerprint density at radius 2 is 1.07 bits per heavy atom. The Morgan fingerprint density at radius 1 is 0.542 bits per heavy atom. The third kappa shape index (κ3) is 10.2. The minimum absolute atomic E-state index is 0.176. The lowest BCUT2D eigenvalue weighted by Gasteiger charge is -2.14. The van der Waals surface area contributed by atoms with Gasteiger partial charge in [0, 0.05) is 25.5 Å². The normalized spacial score (nSPS) is 15.2. The first-order valence-corrected chi connectivity index (χ1v) is 20.4. The van der Waals surface area contributed by atoms with Crippen molar-refractivity contribution in [2.24, 2.45) is 0 Å². The van der Waals surface area contributed by atoms with E-state index < -0.39 is 6.29 Å². The van der Waals surface area contributed by atoms with E-state index >= 15 is 0 Å². The Bertz CT molecular complexity index is 2690. The molecule has 2 atom stereocenters. The van der Waals surface area contributed by atoms with Crippen LogP contribution in [0, 0.1) is 29.1 Å². The molecule has 2 aliphatic rings. The van der Waals surface area contributed by atoms with E-state index in [1.165, 1.54) is 29.8 Å². The summed E-state index contributed by atoms with van der Waals surface area (Å²) in [6.45, 7) is 6.14. The van der Waals surface area contributed by atoms with Gasteiger partial charge in [0.1, 0.15) is 23.0 Å². The van der Waals surface area contributed by atoms with E-state index in [1.807, 2.05) is 49.4 Å². The number of ether oxygens (including phenoxy) is 4. The lowest BCUT2D eigenvalue weighted by Crippen LogP contribution is -2.05. The van der Waals surface area contributed by atoms with Crippen molar-refractivity contribution in [1.82, 2.24) is 9.97 Å². The third-order valence-electron chi connectivity index (χ3n) is 9.90. The van der Waals surface area contributed by atoms with Gasteiger partial charge in [0.2, 0.25) is 12.6 Å². The first-order chi connectivity index (χ1) is 28.7. The quantitative estimate of drug-likeness (QED) is 0.149. The van der Waals surface area contributed by atoms with Gasteiger partial charge in [0.15, 0.2) is 0 Å². The van der Waals surface area contributed by atoms with Crippen molar-refractivity contribution in [3.05, 3.63) is 212 Å². The van der Waals surface area contributed by atoms with Crippen LogP contribution in [0.25, 0.3) is 32.9 Å². The van der Waals surface area contributed by atoms with Gasteiger partial charge in [-0.2, -0.15) is 0 Å². The molecule has 0 aliphatic carbocycles. The number of aromatic nitrogens is 2. The predicted molar refractivity (Wildman–Crippen MR) is 235 cm³/mol. The van der Waals surface area contributed by atoms with Gasteiger partial charge in [0.25, 0.3) is 0 Å². The summed E-state index contributed by atoms with van der Waals surface area (Å²) in [6.07, 6.45) is -0.843. The lowest BCUT2D eigenvalue weighted by atomic mass is 10.0. The molecule has 8 aromatic rings. The largest absolute Gasteiger partial charge is 0.342 e. The highest BCUT2D eigenvalue weighted by molar-refractivity contribution is 14.1. The molecule has 10 rings (SSSR count). The molecule has 0 spiro atoms. The topological polar surface area (TPSA) is 62.7 Å². The number of para-hydroxylation sites is 2. The first-order valence-electron chi connectivity index (χ1n) is 19.3. The first kappa shape index (κ1) is 40.4. The molecule has 296 valence electrons. The monoisotopic (exact) mass is 898 g/mol. The Hall–Kier alpha value is -5.43. The fourth-order valence-electron chi connectivity index (χ4n) is 7.06. The average molecular weight is 899 g/mol. The minimum atomic E-state index is -0.468. The number of hydrogen-bond donors (Lipinski definition) is 0. The van der Waals surface area contributed by atoms with Crippen LogP contribution in [-0.4, -0.2) is 9.97 Å². The van der Waals surface area contributed by atoms with Crippen LogP contribution in [0.2, 0.25) is 0 Å². The van der Waals surface area contributed by atoms with Crippen molar-refractivity contribution >= 4 is 44.4 Å². The summed E-state index contributed by atoms with van der Waals surface area (Å²) in [5.74, 6) is -0.410. The number of benzene rings is 6. The molecular weight excluding hydrogens is 857 g/mol. The minimum Gasteiger partial charge on any atom is -0.342 e. The van der Waals surface area contributed by atoms with Crippen molar-refractivity contribution in [2.45, 2.75) is 52.9 Å². The summed E-state index contributed by atoms with van der Waals surface area (Å²) in [6, 6.07) is 47.9. The summed E-state index contributed by atoms with van der Waals surface area (Å²) in [5.41, 5.74) is 12.5. The maximum absolute atomic E-state index is 13.2. The number of rotatable bonds is 7. The number of halogens is 3. The Kier molecular flexibility index (Phi) is 12.8. The summed E-state index contributed by atoms with van der Waals surface area (Å²) >= 11 is 2.13. The number of pyridine rings is 2. The SMILES string of the molecule is Cc1cc(COC2OCc3cc4ccccc4nc32)cc(-c2ccc(F)cc2)c1.Cc1cccc(COC2OCc3cc4ccccc4nc32)c1.Fc1ccc(I)cc1. The van der Waals surface area contributed by atoms with Gasteiger partial charge in [0.05, 0.1) is 37.5 Å². The van der Waals surface area contributed by atoms with Gasteiger partial charge in [-0.15, -0.1) is 0 Å². The molecule has 6 aromatic carbocycles. The van der Waals surface area contributed by atoms with E-state index in [-0.39, 0.29) is 17.9 Å². The summed E-state index contributed by atoms with van der Waals surface area (Å²) in [5, 5.41) is 2.25. The van der Waals surface area contributed by atoms with E-state index in [0.717, 1.165) is 75.7 Å². The zero-order valence-electron chi connectivity index (χ0n) is 32.6. The van der Waals surface area contributed by atoms with Crippen LogP contribution >= 0.6 is 22.6 Å². The maximum Gasteiger partial charge on any atom is 0.202 e. The van der Waals surface area contributed by atoms with Crippen LogP contribution < -0.4 is 0 Å². The van der Waals surface area contributed by atoms with Gasteiger partial charge in [-0.3, -0.25) is 0 Å². The number of nitrogens with zero attached hydrogens (tertiary/aromatic N) is 2. The number of fused-ring (bicyclic) bond motifs is 4. The molecule has 0 saturated heterocycles. The summed E-state index contributed by atoms with van der Waals surface area (Å²) < 4.78 is 50.0. The fourth-order valence-corrected chi connectivity index (χ4v) is 7.42. The molecule has 0 amide bonds. The van der Waals surface area contributed by atoms with Gasteiger partial charge in [-0.25, -0.2) is 18.7 Å². The van der Waals surface area contributed by atoms with Gasteiger partial charge < -0.3 is 18.9 Å². The molecule has 6 nitrogen and oxygen atoms in total. The van der Waals surface area contributed by atoms with Crippen LogP contribution in [0.4, 0.5) is 8.78 Å². The molecule has 0 fully saturated rings. The van der Waals surface area contributed by atoms with Crippen molar-refractivity contribution < 1.29 is 27.7 Å². The molecule has 0 saturated carbocycles. The Morgan fingerprint density at radius 3 is 1.63 bits per heavy atom. The lowest BCUT2D eigenvalue weighted by molar-refractivity contribution is -0.147. The Balaban J connectivity index is 0.000000142. The van der Waals surface area contributed by atoms with Crippen molar-refractivity contribution in [3.63, 3.8) is 0 Å². The Labute approximate surface area is 355 Å². The summed E-state index contributed by atoms with van der Waals surface area (Å²) in [4.78, 5) is 9.47. The molecule has 59 heavy (non-hydrogen) atoms. The van der Waals surface area contributed by atoms with Crippen molar-refractivity contribution in [1.29, 1.82) is 0 Å². The van der Waals surface area contributed by atoms with Crippen molar-refractivity contribution in [3.8, 4) is 11.1 Å². The highest BCUT2D eigenvalue weighted by Gasteiger charge is 2.27. The molecule has 0 N–H and O–H groups in total. The van der Waals surface area contributed by atoms with E-state index in [0.29, 0.717) is 26.4 Å². The summed E-state index contributed by atoms with van der Waals surface area (Å²) in [7, 11) is 0. The smallest absolute Gasteiger partial charge is 0.202 e. The van der Waals surface area contributed by atoms with E-state index in [4.69, 9.17) is 28.9 Å². The van der Waals surface area contributed by atoms with Gasteiger partial charge in [-0.1, -0.05) is 96.1 Å². The second kappa shape index (κ2) is 18.7. The highest BCUT2D eigenvalue weighted by atomic mass is 127. The highest BCUT2D eigenvalue weighted by Crippen LogP contribution is 2.35. The number of hydrogen-bond acceptors (Lipinski definition) is 6. The molecule has 0 bridgehead atoms. The number of aryl methyl sites for hydroxylation is 2. The predicted octanol–water partition coefficient (Wildman–Crippen LogP) is 12.8. The molecule has 2 aromatic heterocycles. The zero-order valence-corrected chi connectivity index (χ0v) is 34.7. The van der Waals surface area contributed by atoms with Crippen LogP contribution in [0.15, 0.2) is 152 Å². The molecule has 2 unspecified atom stereocenters. The second-order valence-electron chi connectivity index (χ2n) is 14.5. The molecule has 2 aliphatic heterocycles.